The van der Waals surface area contributed by atoms with E-state index in [0.29, 0.717) is 12.1 Å². The van der Waals surface area contributed by atoms with E-state index in [1.54, 1.807) is 18.5 Å². The van der Waals surface area contributed by atoms with E-state index in [9.17, 15) is 4.79 Å². The Balaban J connectivity index is 1.91. The van der Waals surface area contributed by atoms with Crippen molar-refractivity contribution < 1.29 is 4.79 Å². The molecule has 3 rings (SSSR count). The highest BCUT2D eigenvalue weighted by molar-refractivity contribution is 6.06. The van der Waals surface area contributed by atoms with Crippen LogP contribution in [-0.2, 0) is 0 Å². The predicted molar refractivity (Wildman–Crippen MR) is 82.3 cm³/mol. The Labute approximate surface area is 122 Å². The zero-order chi connectivity index (χ0) is 14.8. The quantitative estimate of drug-likeness (QED) is 0.759. The highest BCUT2D eigenvalue weighted by atomic mass is 16.1. The van der Waals surface area contributed by atoms with Crippen molar-refractivity contribution in [2.24, 2.45) is 0 Å². The molecule has 6 nitrogen and oxygen atoms in total. The van der Waals surface area contributed by atoms with E-state index >= 15 is 0 Å². The number of carbonyl (C=O) groups is 1. The van der Waals surface area contributed by atoms with Gasteiger partial charge in [0, 0.05) is 35.6 Å². The summed E-state index contributed by atoms with van der Waals surface area (Å²) in [5.74, 6) is -0.0738. The second-order valence-electron chi connectivity index (χ2n) is 5.25. The average Bonchev–Trinajstić information content (AvgIpc) is 2.95. The molecule has 0 fully saturated rings. The predicted octanol–water partition coefficient (Wildman–Crippen LogP) is 1.40. The highest BCUT2D eigenvalue weighted by Gasteiger charge is 2.09. The molecule has 0 aliphatic carbocycles. The number of hydrogen-bond acceptors (Lipinski definition) is 4. The van der Waals surface area contributed by atoms with Crippen molar-refractivity contribution in [3.63, 3.8) is 0 Å². The maximum Gasteiger partial charge on any atom is 0.251 e. The number of carbonyl (C=O) groups excluding carboxylic acids is 1. The van der Waals surface area contributed by atoms with Crippen LogP contribution in [0.15, 0.2) is 30.6 Å². The van der Waals surface area contributed by atoms with Gasteiger partial charge in [-0.1, -0.05) is 0 Å². The zero-order valence-electron chi connectivity index (χ0n) is 12.1. The maximum absolute atomic E-state index is 12.2. The molecule has 0 aliphatic heterocycles. The molecule has 1 aromatic carbocycles. The minimum absolute atomic E-state index is 0.0738. The Morgan fingerprint density at radius 1 is 1.33 bits per heavy atom. The summed E-state index contributed by atoms with van der Waals surface area (Å²) >= 11 is 0. The van der Waals surface area contributed by atoms with E-state index in [1.807, 2.05) is 31.1 Å². The third-order valence-corrected chi connectivity index (χ3v) is 3.38. The highest BCUT2D eigenvalue weighted by Crippen LogP contribution is 2.22. The molecule has 0 spiro atoms. The molecular weight excluding hydrogens is 266 g/mol. The summed E-state index contributed by atoms with van der Waals surface area (Å²) in [5.41, 5.74) is 2.38. The Hall–Kier alpha value is -2.47. The van der Waals surface area contributed by atoms with Gasteiger partial charge in [-0.25, -0.2) is 0 Å². The van der Waals surface area contributed by atoms with Gasteiger partial charge in [-0.2, -0.15) is 5.10 Å². The third kappa shape index (κ3) is 2.71. The number of nitrogens with zero attached hydrogens (tertiary/aromatic N) is 3. The van der Waals surface area contributed by atoms with Crippen LogP contribution in [-0.4, -0.2) is 53.2 Å². The van der Waals surface area contributed by atoms with Crippen molar-refractivity contribution >= 4 is 27.7 Å². The lowest BCUT2D eigenvalue weighted by Crippen LogP contribution is -2.31. The number of fused-ring (bicyclic) bond motifs is 3. The first-order chi connectivity index (χ1) is 10.1. The van der Waals surface area contributed by atoms with E-state index in [0.717, 1.165) is 28.4 Å². The van der Waals surface area contributed by atoms with Crippen LogP contribution in [0, 0.1) is 0 Å². The fourth-order valence-electron chi connectivity index (χ4n) is 2.23. The molecule has 2 heterocycles. The number of aromatic amines is 1. The van der Waals surface area contributed by atoms with E-state index < -0.39 is 0 Å². The molecule has 2 aromatic heterocycles. The lowest BCUT2D eigenvalue weighted by Gasteiger charge is -2.10. The summed E-state index contributed by atoms with van der Waals surface area (Å²) in [6, 6.07) is 5.51. The number of benzene rings is 1. The zero-order valence-corrected chi connectivity index (χ0v) is 12.1. The van der Waals surface area contributed by atoms with E-state index in [2.05, 4.69) is 20.5 Å². The molecule has 21 heavy (non-hydrogen) atoms. The van der Waals surface area contributed by atoms with Crippen LogP contribution in [0.1, 0.15) is 10.4 Å². The first-order valence-electron chi connectivity index (χ1n) is 6.80. The first kappa shape index (κ1) is 13.5. The molecule has 1 amide bonds. The smallest absolute Gasteiger partial charge is 0.251 e. The number of H-pyrrole nitrogens is 1. The Morgan fingerprint density at radius 2 is 2.19 bits per heavy atom. The van der Waals surface area contributed by atoms with Crippen LogP contribution in [0.2, 0.25) is 0 Å². The molecule has 0 unspecified atom stereocenters. The Morgan fingerprint density at radius 3 is 3.00 bits per heavy atom. The summed E-state index contributed by atoms with van der Waals surface area (Å²) < 4.78 is 0. The topological polar surface area (TPSA) is 73.9 Å². The monoisotopic (exact) mass is 283 g/mol. The van der Waals surface area contributed by atoms with Crippen molar-refractivity contribution in [2.75, 3.05) is 27.2 Å². The Bertz CT molecular complexity index is 793. The number of amides is 1. The van der Waals surface area contributed by atoms with Crippen molar-refractivity contribution in [3.8, 4) is 0 Å². The van der Waals surface area contributed by atoms with Crippen LogP contribution in [0.5, 0.6) is 0 Å². The van der Waals surface area contributed by atoms with E-state index in [-0.39, 0.29) is 5.91 Å². The fourth-order valence-corrected chi connectivity index (χ4v) is 2.23. The van der Waals surface area contributed by atoms with Crippen molar-refractivity contribution in [1.82, 2.24) is 25.4 Å². The van der Waals surface area contributed by atoms with Gasteiger partial charge in [-0.05, 0) is 32.3 Å². The average molecular weight is 283 g/mol. The Kier molecular flexibility index (Phi) is 3.53. The van der Waals surface area contributed by atoms with Crippen molar-refractivity contribution in [2.45, 2.75) is 0 Å². The first-order valence-corrected chi connectivity index (χ1v) is 6.80. The molecular formula is C15H17N5O. The molecule has 6 heteroatoms. The summed E-state index contributed by atoms with van der Waals surface area (Å²) in [4.78, 5) is 18.6. The largest absolute Gasteiger partial charge is 0.351 e. The molecule has 2 N–H and O–H groups in total. The van der Waals surface area contributed by atoms with Crippen LogP contribution >= 0.6 is 0 Å². The normalized spacial score (nSPS) is 11.4. The number of likely N-dealkylation sites (N-methyl/N-ethyl adjacent to an activating group) is 1. The number of pyridine rings is 1. The minimum atomic E-state index is -0.0738. The van der Waals surface area contributed by atoms with Gasteiger partial charge < -0.3 is 10.2 Å². The number of aromatic nitrogens is 3. The third-order valence-electron chi connectivity index (χ3n) is 3.38. The van der Waals surface area contributed by atoms with Crippen LogP contribution < -0.4 is 5.32 Å². The minimum Gasteiger partial charge on any atom is -0.351 e. The van der Waals surface area contributed by atoms with Gasteiger partial charge in [0.15, 0.2) is 0 Å². The number of hydrogen-bond donors (Lipinski definition) is 2. The fraction of sp³-hybridized carbons (Fsp3) is 0.267. The maximum atomic E-state index is 12.2. The molecule has 0 atom stereocenters. The standard InChI is InChI=1S/C15H17N5O/c1-20(2)6-5-16-15(21)10-3-4-13-12(7-10)14-11(8-17-13)9-18-19-14/h3-4,7-9H,5-6H2,1-2H3,(H,16,21)(H,18,19). The molecule has 0 bridgehead atoms. The molecule has 0 aliphatic rings. The molecule has 108 valence electrons. The van der Waals surface area contributed by atoms with Crippen molar-refractivity contribution in [1.29, 1.82) is 0 Å². The van der Waals surface area contributed by atoms with Gasteiger partial charge in [0.1, 0.15) is 0 Å². The van der Waals surface area contributed by atoms with Crippen molar-refractivity contribution in [3.05, 3.63) is 36.2 Å². The van der Waals surface area contributed by atoms with E-state index in [1.165, 1.54) is 0 Å². The number of rotatable bonds is 4. The van der Waals surface area contributed by atoms with Crippen LogP contribution in [0.3, 0.4) is 0 Å². The molecule has 3 aromatic rings. The summed E-state index contributed by atoms with van der Waals surface area (Å²) in [6.45, 7) is 1.43. The van der Waals surface area contributed by atoms with E-state index in [4.69, 9.17) is 0 Å². The SMILES string of the molecule is CN(C)CCNC(=O)c1ccc2ncc3cn[nH]c3c2c1. The van der Waals surface area contributed by atoms with Gasteiger partial charge in [0.2, 0.25) is 0 Å². The lowest BCUT2D eigenvalue weighted by molar-refractivity contribution is 0.0951. The second kappa shape index (κ2) is 5.49. The summed E-state index contributed by atoms with van der Waals surface area (Å²) in [5, 5.41) is 11.7. The van der Waals surface area contributed by atoms with Crippen LogP contribution in [0.25, 0.3) is 21.8 Å². The lowest BCUT2D eigenvalue weighted by atomic mass is 10.1. The summed E-state index contributed by atoms with van der Waals surface area (Å²) in [7, 11) is 3.95. The summed E-state index contributed by atoms with van der Waals surface area (Å²) in [6.07, 6.45) is 3.50. The van der Waals surface area contributed by atoms with Gasteiger partial charge in [0.05, 0.1) is 17.2 Å². The molecule has 0 saturated carbocycles. The second-order valence-corrected chi connectivity index (χ2v) is 5.25. The number of nitrogens with one attached hydrogen (secondary N) is 2. The van der Waals surface area contributed by atoms with Gasteiger partial charge in [-0.3, -0.25) is 14.9 Å². The van der Waals surface area contributed by atoms with Gasteiger partial charge in [-0.15, -0.1) is 0 Å². The molecule has 0 radical (unpaired) electrons. The van der Waals surface area contributed by atoms with Gasteiger partial charge in [0.25, 0.3) is 5.91 Å². The van der Waals surface area contributed by atoms with Crippen LogP contribution in [0.4, 0.5) is 0 Å². The van der Waals surface area contributed by atoms with Gasteiger partial charge >= 0.3 is 0 Å². The molecule has 0 saturated heterocycles.